The lowest BCUT2D eigenvalue weighted by atomic mass is 9.86. The fraction of sp³-hybridized carbons (Fsp3) is 0.200. The van der Waals surface area contributed by atoms with Crippen LogP contribution in [0.2, 0.25) is 0 Å². The molecule has 0 saturated carbocycles. The average Bonchev–Trinajstić information content (AvgIpc) is 2.56. The average molecular weight is 318 g/mol. The lowest BCUT2D eigenvalue weighted by Crippen LogP contribution is -2.13. The number of anilines is 4. The van der Waals surface area contributed by atoms with Crippen molar-refractivity contribution in [2.75, 3.05) is 10.6 Å². The lowest BCUT2D eigenvalue weighted by molar-refractivity contribution is 0.592. The minimum absolute atomic E-state index is 0.0573. The molecule has 0 aliphatic heterocycles. The zero-order valence-corrected chi connectivity index (χ0v) is 14.2. The second kappa shape index (κ2) is 6.71. The highest BCUT2D eigenvalue weighted by Gasteiger charge is 2.17. The Balaban J connectivity index is 1.83. The molecule has 4 heteroatoms. The first-order valence-corrected chi connectivity index (χ1v) is 8.03. The van der Waals surface area contributed by atoms with Gasteiger partial charge in [0.05, 0.1) is 0 Å². The molecule has 1 aromatic heterocycles. The summed E-state index contributed by atoms with van der Waals surface area (Å²) in [7, 11) is 0. The largest absolute Gasteiger partial charge is 0.340 e. The Morgan fingerprint density at radius 3 is 2.08 bits per heavy atom. The second-order valence-corrected chi connectivity index (χ2v) is 6.70. The lowest BCUT2D eigenvalue weighted by Gasteiger charge is -2.23. The molecule has 0 radical (unpaired) electrons. The van der Waals surface area contributed by atoms with Gasteiger partial charge in [0.1, 0.15) is 18.0 Å². The van der Waals surface area contributed by atoms with E-state index in [4.69, 9.17) is 0 Å². The maximum absolute atomic E-state index is 4.34. The summed E-state index contributed by atoms with van der Waals surface area (Å²) >= 11 is 0. The van der Waals surface area contributed by atoms with Crippen molar-refractivity contribution in [3.8, 4) is 0 Å². The van der Waals surface area contributed by atoms with E-state index in [2.05, 4.69) is 59.6 Å². The van der Waals surface area contributed by atoms with E-state index in [9.17, 15) is 0 Å². The number of rotatable bonds is 4. The molecule has 0 aliphatic rings. The van der Waals surface area contributed by atoms with Gasteiger partial charge in [-0.3, -0.25) is 0 Å². The van der Waals surface area contributed by atoms with Gasteiger partial charge in [0, 0.05) is 17.4 Å². The smallest absolute Gasteiger partial charge is 0.135 e. The molecule has 2 N–H and O–H groups in total. The third-order valence-corrected chi connectivity index (χ3v) is 3.71. The molecule has 4 nitrogen and oxygen atoms in total. The fourth-order valence-electron chi connectivity index (χ4n) is 2.55. The minimum atomic E-state index is 0.0573. The van der Waals surface area contributed by atoms with Crippen LogP contribution in [0, 0.1) is 0 Å². The van der Waals surface area contributed by atoms with Gasteiger partial charge < -0.3 is 10.6 Å². The van der Waals surface area contributed by atoms with Crippen LogP contribution in [0.3, 0.4) is 0 Å². The third-order valence-electron chi connectivity index (χ3n) is 3.71. The summed E-state index contributed by atoms with van der Waals surface area (Å²) < 4.78 is 0. The fourth-order valence-corrected chi connectivity index (χ4v) is 2.55. The molecule has 0 fully saturated rings. The molecule has 0 aliphatic carbocycles. The van der Waals surface area contributed by atoms with Crippen LogP contribution >= 0.6 is 0 Å². The third kappa shape index (κ3) is 3.90. The maximum atomic E-state index is 4.34. The second-order valence-electron chi connectivity index (χ2n) is 6.70. The summed E-state index contributed by atoms with van der Waals surface area (Å²) in [5, 5.41) is 6.70. The monoisotopic (exact) mass is 318 g/mol. The molecular weight excluding hydrogens is 296 g/mol. The zero-order chi connectivity index (χ0) is 17.0. The molecule has 0 bridgehead atoms. The molecule has 0 unspecified atom stereocenters. The molecular formula is C20H22N4. The molecule has 0 spiro atoms. The van der Waals surface area contributed by atoms with E-state index in [1.165, 1.54) is 5.56 Å². The van der Waals surface area contributed by atoms with Gasteiger partial charge in [0.25, 0.3) is 0 Å². The molecule has 122 valence electrons. The highest BCUT2D eigenvalue weighted by molar-refractivity contribution is 5.65. The van der Waals surface area contributed by atoms with Crippen LogP contribution in [0.4, 0.5) is 23.0 Å². The normalized spacial score (nSPS) is 11.1. The van der Waals surface area contributed by atoms with Gasteiger partial charge in [0.15, 0.2) is 0 Å². The van der Waals surface area contributed by atoms with Gasteiger partial charge in [-0.2, -0.15) is 0 Å². The number of hydrogen-bond donors (Lipinski definition) is 2. The zero-order valence-electron chi connectivity index (χ0n) is 14.2. The quantitative estimate of drug-likeness (QED) is 0.689. The predicted molar refractivity (Wildman–Crippen MR) is 100 cm³/mol. The van der Waals surface area contributed by atoms with Gasteiger partial charge in [-0.25, -0.2) is 9.97 Å². The number of nitrogens with zero attached hydrogens (tertiary/aromatic N) is 2. The summed E-state index contributed by atoms with van der Waals surface area (Å²) in [5.41, 5.74) is 3.37. The molecule has 3 rings (SSSR count). The molecule has 2 aromatic carbocycles. The molecule has 0 saturated heterocycles. The van der Waals surface area contributed by atoms with Crippen molar-refractivity contribution in [1.29, 1.82) is 0 Å². The highest BCUT2D eigenvalue weighted by Crippen LogP contribution is 2.31. The number of aromatic nitrogens is 2. The Hall–Kier alpha value is -2.88. The first-order chi connectivity index (χ1) is 11.5. The maximum Gasteiger partial charge on any atom is 0.135 e. The minimum Gasteiger partial charge on any atom is -0.340 e. The Morgan fingerprint density at radius 1 is 0.750 bits per heavy atom. The van der Waals surface area contributed by atoms with Crippen molar-refractivity contribution in [1.82, 2.24) is 9.97 Å². The first-order valence-electron chi connectivity index (χ1n) is 8.03. The van der Waals surface area contributed by atoms with E-state index in [0.717, 1.165) is 23.0 Å². The Bertz CT molecular complexity index is 807. The van der Waals surface area contributed by atoms with Crippen LogP contribution in [0.15, 0.2) is 67.0 Å². The van der Waals surface area contributed by atoms with E-state index in [1.54, 1.807) is 6.33 Å². The first kappa shape index (κ1) is 16.0. The van der Waals surface area contributed by atoms with Gasteiger partial charge in [-0.1, -0.05) is 57.2 Å². The van der Waals surface area contributed by atoms with Crippen molar-refractivity contribution >= 4 is 23.0 Å². The van der Waals surface area contributed by atoms with Crippen molar-refractivity contribution in [2.45, 2.75) is 26.2 Å². The highest BCUT2D eigenvalue weighted by atomic mass is 15.1. The molecule has 24 heavy (non-hydrogen) atoms. The summed E-state index contributed by atoms with van der Waals surface area (Å²) in [5.74, 6) is 1.52. The Kier molecular flexibility index (Phi) is 4.47. The standard InChI is InChI=1S/C20H22N4/c1-20(2,3)16-11-7-8-12-17(16)24-19-13-18(21-14-22-19)23-15-9-5-4-6-10-15/h4-14H,1-3H3,(H2,21,22,23,24). The summed E-state index contributed by atoms with van der Waals surface area (Å²) in [4.78, 5) is 8.62. The SMILES string of the molecule is CC(C)(C)c1ccccc1Nc1cc(Nc2ccccc2)ncn1. The number of para-hydroxylation sites is 2. The summed E-state index contributed by atoms with van der Waals surface area (Å²) in [6.07, 6.45) is 1.56. The van der Waals surface area contributed by atoms with Crippen molar-refractivity contribution in [3.05, 3.63) is 72.6 Å². The van der Waals surface area contributed by atoms with Crippen LogP contribution in [0.1, 0.15) is 26.3 Å². The van der Waals surface area contributed by atoms with Crippen LogP contribution in [0.25, 0.3) is 0 Å². The van der Waals surface area contributed by atoms with Crippen molar-refractivity contribution in [2.24, 2.45) is 0 Å². The van der Waals surface area contributed by atoms with Gasteiger partial charge in [-0.15, -0.1) is 0 Å². The molecule has 0 amide bonds. The number of nitrogens with one attached hydrogen (secondary N) is 2. The van der Waals surface area contributed by atoms with Gasteiger partial charge >= 0.3 is 0 Å². The van der Waals surface area contributed by atoms with Gasteiger partial charge in [-0.05, 0) is 29.2 Å². The van der Waals surface area contributed by atoms with E-state index in [1.807, 2.05) is 42.5 Å². The van der Waals surface area contributed by atoms with Crippen molar-refractivity contribution < 1.29 is 0 Å². The molecule has 3 aromatic rings. The number of benzene rings is 2. The van der Waals surface area contributed by atoms with E-state index in [0.29, 0.717) is 0 Å². The molecule has 0 atom stereocenters. The van der Waals surface area contributed by atoms with Gasteiger partial charge in [0.2, 0.25) is 0 Å². The molecule has 1 heterocycles. The summed E-state index contributed by atoms with van der Waals surface area (Å²) in [6.45, 7) is 6.61. The van der Waals surface area contributed by atoms with Crippen LogP contribution in [-0.2, 0) is 5.41 Å². The predicted octanol–water partition coefficient (Wildman–Crippen LogP) is 5.26. The van der Waals surface area contributed by atoms with Crippen molar-refractivity contribution in [3.63, 3.8) is 0 Å². The van der Waals surface area contributed by atoms with E-state index in [-0.39, 0.29) is 5.41 Å². The van der Waals surface area contributed by atoms with E-state index >= 15 is 0 Å². The number of hydrogen-bond acceptors (Lipinski definition) is 4. The van der Waals surface area contributed by atoms with Crippen LogP contribution in [-0.4, -0.2) is 9.97 Å². The summed E-state index contributed by atoms with van der Waals surface area (Å²) in [6, 6.07) is 20.2. The Labute approximate surface area is 143 Å². The topological polar surface area (TPSA) is 49.8 Å². The van der Waals surface area contributed by atoms with Crippen LogP contribution in [0.5, 0.6) is 0 Å². The Morgan fingerprint density at radius 2 is 1.38 bits per heavy atom. The van der Waals surface area contributed by atoms with E-state index < -0.39 is 0 Å². The van der Waals surface area contributed by atoms with Crippen LogP contribution < -0.4 is 10.6 Å².